The van der Waals surface area contributed by atoms with E-state index >= 15 is 0 Å². The summed E-state index contributed by atoms with van der Waals surface area (Å²) in [4.78, 5) is 26.1. The first-order chi connectivity index (χ1) is 14.2. The second-order valence-corrected chi connectivity index (χ2v) is 7.47. The third-order valence-electron chi connectivity index (χ3n) is 4.39. The van der Waals surface area contributed by atoms with E-state index < -0.39 is 0 Å². The zero-order chi connectivity index (χ0) is 22.3. The molecule has 2 rings (SSSR count). The number of hydrogen-bond donors (Lipinski definition) is 1. The van der Waals surface area contributed by atoms with Gasteiger partial charge in [0.25, 0.3) is 0 Å². The lowest BCUT2D eigenvalue weighted by Gasteiger charge is -2.16. The Morgan fingerprint density at radius 3 is 2.50 bits per heavy atom. The molecule has 0 fully saturated rings. The summed E-state index contributed by atoms with van der Waals surface area (Å²) in [5, 5.41) is 2.86. The van der Waals surface area contributed by atoms with Crippen LogP contribution in [0.4, 0.5) is 5.69 Å². The molecule has 0 heterocycles. The molecule has 0 radical (unpaired) electrons. The number of ether oxygens (including phenoxy) is 2. The van der Waals surface area contributed by atoms with Gasteiger partial charge in [0.15, 0.2) is 11.5 Å². The molecule has 6 nitrogen and oxygen atoms in total. The van der Waals surface area contributed by atoms with Gasteiger partial charge in [0.05, 0.1) is 19.8 Å². The van der Waals surface area contributed by atoms with Crippen molar-refractivity contribution in [3.63, 3.8) is 0 Å². The topological polar surface area (TPSA) is 67.9 Å². The Morgan fingerprint density at radius 1 is 1.10 bits per heavy atom. The molecule has 1 N–H and O–H groups in total. The molecule has 0 aliphatic heterocycles. The van der Waals surface area contributed by atoms with Gasteiger partial charge in [0, 0.05) is 18.8 Å². The molecule has 0 bridgehead atoms. The van der Waals surface area contributed by atoms with E-state index in [0.717, 1.165) is 22.4 Å². The van der Waals surface area contributed by atoms with Crippen molar-refractivity contribution in [1.82, 2.24) is 4.90 Å². The number of carbonyl (C=O) groups excluding carboxylic acids is 2. The Kier molecular flexibility index (Phi) is 8.04. The van der Waals surface area contributed by atoms with Crippen molar-refractivity contribution in [2.45, 2.75) is 33.8 Å². The van der Waals surface area contributed by atoms with Crippen LogP contribution < -0.4 is 14.8 Å². The number of carbonyl (C=O) groups is 2. The fourth-order valence-corrected chi connectivity index (χ4v) is 2.79. The van der Waals surface area contributed by atoms with Crippen LogP contribution in [0.3, 0.4) is 0 Å². The van der Waals surface area contributed by atoms with E-state index in [2.05, 4.69) is 5.32 Å². The van der Waals surface area contributed by atoms with Gasteiger partial charge in [0.2, 0.25) is 11.8 Å². The van der Waals surface area contributed by atoms with Gasteiger partial charge in [-0.1, -0.05) is 18.2 Å². The summed E-state index contributed by atoms with van der Waals surface area (Å²) in [6.07, 6.45) is 3.15. The van der Waals surface area contributed by atoms with Crippen LogP contribution in [-0.4, -0.2) is 43.5 Å². The third-order valence-corrected chi connectivity index (χ3v) is 4.39. The van der Waals surface area contributed by atoms with Crippen molar-refractivity contribution < 1.29 is 19.1 Å². The van der Waals surface area contributed by atoms with Gasteiger partial charge >= 0.3 is 0 Å². The first kappa shape index (κ1) is 23.0. The van der Waals surface area contributed by atoms with Crippen molar-refractivity contribution in [1.29, 1.82) is 0 Å². The van der Waals surface area contributed by atoms with Crippen LogP contribution in [0, 0.1) is 13.8 Å². The predicted molar refractivity (Wildman–Crippen MR) is 120 cm³/mol. The maximum atomic E-state index is 12.4. The van der Waals surface area contributed by atoms with Gasteiger partial charge < -0.3 is 19.7 Å². The van der Waals surface area contributed by atoms with Crippen LogP contribution in [0.2, 0.25) is 0 Å². The number of likely N-dealkylation sites (N-methyl/N-ethyl adjacent to an activating group) is 1. The molecular weight excluding hydrogens is 380 g/mol. The molecule has 160 valence electrons. The van der Waals surface area contributed by atoms with E-state index in [1.54, 1.807) is 26.3 Å². The van der Waals surface area contributed by atoms with Crippen molar-refractivity contribution in [2.24, 2.45) is 0 Å². The van der Waals surface area contributed by atoms with E-state index in [4.69, 9.17) is 9.47 Å². The Hall–Kier alpha value is -3.28. The summed E-state index contributed by atoms with van der Waals surface area (Å²) in [5.41, 5.74) is 3.59. The molecule has 0 atom stereocenters. The molecule has 2 aromatic carbocycles. The predicted octanol–water partition coefficient (Wildman–Crippen LogP) is 4.21. The summed E-state index contributed by atoms with van der Waals surface area (Å²) in [6.45, 7) is 7.74. The van der Waals surface area contributed by atoms with Crippen molar-refractivity contribution in [2.75, 3.05) is 26.0 Å². The zero-order valence-electron chi connectivity index (χ0n) is 18.5. The average molecular weight is 411 g/mol. The van der Waals surface area contributed by atoms with Gasteiger partial charge in [-0.2, -0.15) is 0 Å². The summed E-state index contributed by atoms with van der Waals surface area (Å²) in [6, 6.07) is 11.3. The molecule has 30 heavy (non-hydrogen) atoms. The van der Waals surface area contributed by atoms with Gasteiger partial charge in [-0.25, -0.2) is 0 Å². The van der Waals surface area contributed by atoms with Gasteiger partial charge in [-0.3, -0.25) is 9.59 Å². The smallest absolute Gasteiger partial charge is 0.246 e. The lowest BCUT2D eigenvalue weighted by molar-refractivity contribution is -0.129. The molecular formula is C24H30N2O4. The molecule has 0 aliphatic carbocycles. The van der Waals surface area contributed by atoms with Crippen molar-refractivity contribution in [3.05, 3.63) is 59.2 Å². The van der Waals surface area contributed by atoms with Crippen molar-refractivity contribution in [3.8, 4) is 11.5 Å². The fraction of sp³-hybridized carbons (Fsp3) is 0.333. The van der Waals surface area contributed by atoms with Crippen LogP contribution in [0.25, 0.3) is 6.08 Å². The van der Waals surface area contributed by atoms with Crippen LogP contribution in [0.15, 0.2) is 42.5 Å². The number of aryl methyl sites for hydroxylation is 2. The summed E-state index contributed by atoms with van der Waals surface area (Å²) in [5.74, 6) is 0.730. The third kappa shape index (κ3) is 6.65. The average Bonchev–Trinajstić information content (AvgIpc) is 2.69. The maximum absolute atomic E-state index is 12.4. The Bertz CT molecular complexity index is 935. The second kappa shape index (κ2) is 10.5. The second-order valence-electron chi connectivity index (χ2n) is 7.47. The number of rotatable bonds is 8. The van der Waals surface area contributed by atoms with Gasteiger partial charge in [-0.15, -0.1) is 0 Å². The normalized spacial score (nSPS) is 10.9. The number of benzene rings is 2. The Balaban J connectivity index is 1.98. The minimum absolute atomic E-state index is 0.0326. The highest BCUT2D eigenvalue weighted by Gasteiger charge is 2.12. The highest BCUT2D eigenvalue weighted by Crippen LogP contribution is 2.29. The highest BCUT2D eigenvalue weighted by atomic mass is 16.5. The van der Waals surface area contributed by atoms with Crippen LogP contribution >= 0.6 is 0 Å². The number of nitrogens with zero attached hydrogens (tertiary/aromatic N) is 1. The van der Waals surface area contributed by atoms with E-state index in [9.17, 15) is 9.59 Å². The van der Waals surface area contributed by atoms with Gasteiger partial charge in [-0.05, 0) is 68.7 Å². The lowest BCUT2D eigenvalue weighted by atomic mass is 10.1. The monoisotopic (exact) mass is 410 g/mol. The fourth-order valence-electron chi connectivity index (χ4n) is 2.79. The molecule has 2 aromatic rings. The molecule has 0 spiro atoms. The maximum Gasteiger partial charge on any atom is 0.246 e. The van der Waals surface area contributed by atoms with Crippen molar-refractivity contribution >= 4 is 23.6 Å². The molecule has 0 aliphatic rings. The minimum atomic E-state index is -0.271. The Labute approximate surface area is 178 Å². The Morgan fingerprint density at radius 2 is 1.83 bits per heavy atom. The molecule has 2 amide bonds. The number of hydrogen-bond acceptors (Lipinski definition) is 4. The van der Waals surface area contributed by atoms with Crippen LogP contribution in [0.5, 0.6) is 11.5 Å². The quantitative estimate of drug-likeness (QED) is 0.662. The van der Waals surface area contributed by atoms with E-state index in [1.807, 2.05) is 58.0 Å². The highest BCUT2D eigenvalue weighted by molar-refractivity contribution is 5.98. The summed E-state index contributed by atoms with van der Waals surface area (Å²) >= 11 is 0. The van der Waals surface area contributed by atoms with E-state index in [-0.39, 0.29) is 24.5 Å². The first-order valence-corrected chi connectivity index (χ1v) is 9.84. The first-order valence-electron chi connectivity index (χ1n) is 9.84. The molecule has 6 heteroatoms. The standard InChI is InChI=1S/C24H30N2O4/c1-16(2)30-21-11-9-19(14-22(21)29-6)10-12-24(28)26(5)15-23(27)25-20-13-17(3)7-8-18(20)4/h7-14,16H,15H2,1-6H3,(H,25,27). The van der Waals surface area contributed by atoms with E-state index in [0.29, 0.717) is 11.5 Å². The summed E-state index contributed by atoms with van der Waals surface area (Å²) in [7, 11) is 3.17. The molecule has 0 saturated carbocycles. The van der Waals surface area contributed by atoms with Crippen LogP contribution in [-0.2, 0) is 9.59 Å². The molecule has 0 aromatic heterocycles. The zero-order valence-corrected chi connectivity index (χ0v) is 18.5. The molecule has 0 saturated heterocycles. The molecule has 0 unspecified atom stereocenters. The van der Waals surface area contributed by atoms with Gasteiger partial charge in [0.1, 0.15) is 0 Å². The summed E-state index contributed by atoms with van der Waals surface area (Å²) < 4.78 is 11.1. The minimum Gasteiger partial charge on any atom is -0.493 e. The SMILES string of the molecule is COc1cc(C=CC(=O)N(C)CC(=O)Nc2cc(C)ccc2C)ccc1OC(C)C. The van der Waals surface area contributed by atoms with Crippen LogP contribution in [0.1, 0.15) is 30.5 Å². The lowest BCUT2D eigenvalue weighted by Crippen LogP contribution is -2.34. The number of anilines is 1. The number of methoxy groups -OCH3 is 1. The van der Waals surface area contributed by atoms with E-state index in [1.165, 1.54) is 11.0 Å². The number of nitrogens with one attached hydrogen (secondary N) is 1. The largest absolute Gasteiger partial charge is 0.493 e. The number of amides is 2.